The molecule has 12 atom stereocenters. The van der Waals surface area contributed by atoms with Crippen molar-refractivity contribution in [3.8, 4) is 44.8 Å². The van der Waals surface area contributed by atoms with Crippen molar-refractivity contribution in [3.63, 3.8) is 0 Å². The second kappa shape index (κ2) is 44.5. The van der Waals surface area contributed by atoms with Crippen LogP contribution in [-0.4, -0.2) is 203 Å². The number of aromatic amines is 2. The van der Waals surface area contributed by atoms with Crippen molar-refractivity contribution in [3.05, 3.63) is 169 Å². The van der Waals surface area contributed by atoms with Crippen LogP contribution in [-0.2, 0) is 52.4 Å². The van der Waals surface area contributed by atoms with Gasteiger partial charge >= 0.3 is 43.4 Å². The van der Waals surface area contributed by atoms with Crippen LogP contribution >= 0.6 is 49.6 Å². The van der Waals surface area contributed by atoms with Crippen LogP contribution in [0.15, 0.2) is 156 Å². The molecule has 5 saturated carbocycles. The van der Waals surface area contributed by atoms with Gasteiger partial charge in [-0.25, -0.2) is 29.1 Å². The van der Waals surface area contributed by atoms with E-state index in [1.165, 1.54) is 86.5 Å². The highest BCUT2D eigenvalue weighted by molar-refractivity contribution is 6.06. The number of aliphatic imine (C=N–C) groups is 2. The number of imidazole rings is 2. The summed E-state index contributed by atoms with van der Waals surface area (Å²) >= 11 is 0. The number of nitrogens with zero attached hydrogens (tertiary/aromatic N) is 7. The number of nitrogens with one attached hydrogen (secondary N) is 5. The molecule has 10 aliphatic rings. The van der Waals surface area contributed by atoms with Crippen molar-refractivity contribution in [2.75, 3.05) is 48.2 Å². The summed E-state index contributed by atoms with van der Waals surface area (Å²) in [5, 5.41) is 20.7. The first-order chi connectivity index (χ1) is 63.1. The highest BCUT2D eigenvalue weighted by Crippen LogP contribution is 2.62. The number of aliphatic carboxylic acids is 1. The molecule has 2 spiro atoms. The number of carboxylic acid groups (broad SMARTS) is 1. The summed E-state index contributed by atoms with van der Waals surface area (Å²) in [6, 6.07) is 40.7. The number of H-pyrrole nitrogens is 2. The van der Waals surface area contributed by atoms with Crippen molar-refractivity contribution >= 4 is 142 Å². The number of hydrogen-bond donors (Lipinski definition) is 6. The molecule has 135 heavy (non-hydrogen) atoms. The van der Waals surface area contributed by atoms with Gasteiger partial charge in [-0.05, 0) is 221 Å². The number of aromatic nitrogens is 4. The number of allylic oxidation sites excluding steroid dienone is 2. The number of methoxy groups -OCH3 is 4. The fourth-order valence-corrected chi connectivity index (χ4v) is 21.1. The van der Waals surface area contributed by atoms with Gasteiger partial charge in [0, 0.05) is 78.8 Å². The molecule has 27 nitrogen and oxygen atoms in total. The fourth-order valence-electron chi connectivity index (χ4n) is 21.1. The van der Waals surface area contributed by atoms with E-state index in [1.54, 1.807) is 11.1 Å². The van der Waals surface area contributed by atoms with Gasteiger partial charge in [-0.1, -0.05) is 125 Å². The number of benzene rings is 6. The smallest absolute Gasteiger partial charge is 0.407 e. The first kappa shape index (κ1) is 103. The summed E-state index contributed by atoms with van der Waals surface area (Å²) in [7, 11) is 4.94. The topological polar surface area (TPSA) is 340 Å². The first-order valence-corrected chi connectivity index (χ1v) is 45.6. The predicted molar refractivity (Wildman–Crippen MR) is 514 cm³/mol. The molecule has 6 N–H and O–H groups in total. The number of amides is 6. The molecule has 2 aromatic heterocycles. The van der Waals surface area contributed by atoms with Crippen molar-refractivity contribution in [2.45, 2.75) is 217 Å². The average molecular weight is 1950 g/mol. The van der Waals surface area contributed by atoms with Crippen LogP contribution in [0.3, 0.4) is 0 Å². The number of carboxylic acids is 1. The molecule has 6 amide bonds. The standard InChI is InChI=1S/C50H56F2N6O7.C43H47N5O3.C7H11F2NO5.4ClH/c1-28(2)43(56-49(62)64-4)47(61)58-38-14-13-35(21-38)44(58)39-22-37(25-53-39)30-7-5-29(6-8-30)31-9-10-33-20-34(12-11-32(33)19-31)40-26-54-45(55-40)41-24-50(16-17-50)27-57(41)46(60)36(23-42(59)63-3)15-18-65-48(51)52;1-25(2)38(47-42(50)51-3)41(49)48-35-13-12-32(20-35)39(48)36-21-34(23-44-36)27-6-4-26(5-7-27)28-8-9-30-19-31(11-10-29(30)18-28)37-24-45-40(46-37)33-14-15-43(22-33)16-17-43;1-14-7(13)10-4(5(11)12)2-3-15-6(8)9;;;;/h5-12,19-20,25-26,28,35-36,38,41,43-44,48H,13-18,21-24,27H2,1-4H3,(H,54,55)(H,56,62);4-11,18-19,23-25,32-33,35,38-39H,12-17,20-22H2,1-3H3,(H,45,46)(H,47,50);4,6H,2-3H2,1H3,(H,10,13)(H,11,12);4*1H/t35-,36+,38+,41-,43-,44-;32-,33-,35+,38-,39-;4-;;;;/m000..../s1. The Kier molecular flexibility index (Phi) is 33.9. The summed E-state index contributed by atoms with van der Waals surface area (Å²) in [5.41, 5.74) is 15.8. The molecule has 3 saturated heterocycles. The largest absolute Gasteiger partial charge is 0.480 e. The number of hydrogen-bond acceptors (Lipinski definition) is 18. The molecular formula is C100H118Cl4F4N12O15. The van der Waals surface area contributed by atoms with Gasteiger partial charge in [0.15, 0.2) is 0 Å². The quantitative estimate of drug-likeness (QED) is 0.0144. The van der Waals surface area contributed by atoms with E-state index in [4.69, 9.17) is 39.3 Å². The minimum absolute atomic E-state index is 0. The van der Waals surface area contributed by atoms with Gasteiger partial charge in [0.05, 0.1) is 95.9 Å². The predicted octanol–water partition coefficient (Wildman–Crippen LogP) is 19.7. The molecule has 6 aromatic carbocycles. The number of esters is 1. The van der Waals surface area contributed by atoms with Crippen molar-refractivity contribution in [2.24, 2.45) is 50.4 Å². The number of ether oxygens (including phenoxy) is 6. The lowest BCUT2D eigenvalue weighted by molar-refractivity contribution is -0.151. The Morgan fingerprint density at radius 1 is 0.481 bits per heavy atom. The lowest BCUT2D eigenvalue weighted by Crippen LogP contribution is -2.57. The van der Waals surface area contributed by atoms with E-state index < -0.39 is 74.1 Å². The molecule has 724 valence electrons. The SMILES string of the molecule is COC(=O)C[C@@H](CCOC(F)F)C(=O)N1CC2(CC2)C[C@H]1c1ncc(-c2ccc3cc(-c4ccc(C5=CN=C([C@@H]6[C@H]7CC[C@H](C7)N6C(=O)[C@@H](NC(=O)OC)C(C)C)C5)cc4)ccc3c2)[nH]1.COC(=O)N[C@@H](CCOC(F)F)C(=O)O.COC(=O)N[C@H](C(=O)N1[C@@H]2CC[C@@H](C2)[C@H]1C1=NC=C(c2ccc(-c3ccc4cc(-c5cnc([C@H]6CCC7(CC7)C6)[nH]5)ccc4c3)cc2)C1)C(C)C.Cl.Cl.Cl.Cl. The Labute approximate surface area is 806 Å². The summed E-state index contributed by atoms with van der Waals surface area (Å²) < 4.78 is 75.6. The number of halogens is 8. The number of likely N-dealkylation sites (tertiary alicyclic amines) is 3. The van der Waals surface area contributed by atoms with Gasteiger partial charge in [-0.3, -0.25) is 29.2 Å². The number of rotatable bonds is 29. The van der Waals surface area contributed by atoms with Crippen LogP contribution in [0.2, 0.25) is 0 Å². The lowest BCUT2D eigenvalue weighted by Gasteiger charge is -2.38. The van der Waals surface area contributed by atoms with Crippen LogP contribution in [0, 0.1) is 40.4 Å². The van der Waals surface area contributed by atoms with E-state index in [9.17, 15) is 55.9 Å². The Bertz CT molecular complexity index is 5750. The number of fused-ring (bicyclic) bond motifs is 6. The van der Waals surface area contributed by atoms with Crippen LogP contribution in [0.1, 0.15) is 184 Å². The maximum atomic E-state index is 14.0. The Morgan fingerprint density at radius 3 is 1.32 bits per heavy atom. The van der Waals surface area contributed by atoms with Crippen molar-refractivity contribution in [1.29, 1.82) is 0 Å². The molecular weight excluding hydrogens is 1830 g/mol. The van der Waals surface area contributed by atoms with E-state index in [-0.39, 0.29) is 141 Å². The van der Waals surface area contributed by atoms with Gasteiger partial charge < -0.3 is 74.1 Å². The second-order valence-electron chi connectivity index (χ2n) is 37.5. The third kappa shape index (κ3) is 23.3. The van der Waals surface area contributed by atoms with E-state index in [2.05, 4.69) is 156 Å². The summed E-state index contributed by atoms with van der Waals surface area (Å²) in [5.74, 6) is -0.139. The number of piperidine rings is 2. The van der Waals surface area contributed by atoms with E-state index >= 15 is 0 Å². The molecule has 0 unspecified atom stereocenters. The zero-order chi connectivity index (χ0) is 92.3. The highest BCUT2D eigenvalue weighted by Gasteiger charge is 2.57. The third-order valence-electron chi connectivity index (χ3n) is 28.6. The zero-order valence-corrected chi connectivity index (χ0v) is 79.9. The molecule has 5 aliphatic heterocycles. The molecule has 0 radical (unpaired) electrons. The molecule has 7 heterocycles. The van der Waals surface area contributed by atoms with E-state index in [1.807, 2.05) is 61.4 Å². The molecule has 18 rings (SSSR count). The maximum absolute atomic E-state index is 14.0. The van der Waals surface area contributed by atoms with Crippen LogP contribution in [0.5, 0.6) is 0 Å². The Hall–Kier alpha value is -11.0. The van der Waals surface area contributed by atoms with E-state index in [0.717, 1.165) is 144 Å². The molecule has 8 fully saturated rings. The maximum Gasteiger partial charge on any atom is 0.407 e. The normalized spacial score (nSPS) is 21.8. The summed E-state index contributed by atoms with van der Waals surface area (Å²) in [6.07, 6.45) is 22.1. The fraction of sp³-hybridized carbons (Fsp3) is 0.480. The number of alkyl halides is 4. The van der Waals surface area contributed by atoms with Crippen LogP contribution < -0.4 is 16.0 Å². The zero-order valence-electron chi connectivity index (χ0n) is 76.6. The van der Waals surface area contributed by atoms with Gasteiger partial charge in [0.2, 0.25) is 17.7 Å². The monoisotopic (exact) mass is 1940 g/mol. The second-order valence-corrected chi connectivity index (χ2v) is 37.5. The third-order valence-corrected chi connectivity index (χ3v) is 28.6. The Morgan fingerprint density at radius 2 is 0.896 bits per heavy atom. The van der Waals surface area contributed by atoms with Gasteiger partial charge in [0.1, 0.15) is 29.8 Å². The molecule has 4 bridgehead atoms. The first-order valence-electron chi connectivity index (χ1n) is 45.6. The number of carbonyl (C=O) groups excluding carboxylic acids is 7. The minimum Gasteiger partial charge on any atom is -0.480 e. The van der Waals surface area contributed by atoms with Gasteiger partial charge in [0.25, 0.3) is 0 Å². The van der Waals surface area contributed by atoms with Gasteiger partial charge in [-0.2, -0.15) is 17.6 Å². The van der Waals surface area contributed by atoms with Crippen LogP contribution in [0.4, 0.5) is 31.9 Å². The van der Waals surface area contributed by atoms with Crippen molar-refractivity contribution < 1.29 is 89.4 Å². The number of carbonyl (C=O) groups is 8. The summed E-state index contributed by atoms with van der Waals surface area (Å²) in [6.45, 7) is 1.57. The van der Waals surface area contributed by atoms with Crippen molar-refractivity contribution in [1.82, 2.24) is 50.6 Å². The van der Waals surface area contributed by atoms with Gasteiger partial charge in [-0.15, -0.1) is 49.6 Å². The highest BCUT2D eigenvalue weighted by atomic mass is 35.5. The molecule has 35 heteroatoms. The molecule has 5 aliphatic carbocycles. The minimum atomic E-state index is -2.96. The van der Waals surface area contributed by atoms with Crippen LogP contribution in [0.25, 0.3) is 77.5 Å². The lowest BCUT2D eigenvalue weighted by atomic mass is 9.89. The van der Waals surface area contributed by atoms with E-state index in [0.29, 0.717) is 42.0 Å². The average Bonchev–Trinajstić information content (AvgIpc) is 1.59. The summed E-state index contributed by atoms with van der Waals surface area (Å²) in [4.78, 5) is 132. The Balaban J connectivity index is 0.000000209. The number of alkyl carbamates (subject to hydrolysis) is 3. The molecule has 8 aromatic rings.